The molecule has 1 aromatic heterocycles. The van der Waals surface area contributed by atoms with Gasteiger partial charge in [0.15, 0.2) is 5.78 Å². The second-order valence-electron chi connectivity index (χ2n) is 4.48. The number of aryl methyl sites for hydroxylation is 1. The van der Waals surface area contributed by atoms with E-state index in [1.807, 2.05) is 0 Å². The molecule has 1 aliphatic rings. The van der Waals surface area contributed by atoms with E-state index in [1.165, 1.54) is 0 Å². The molecule has 1 N–H and O–H groups in total. The minimum Gasteiger partial charge on any atom is -0.464 e. The van der Waals surface area contributed by atoms with Crippen molar-refractivity contribution in [2.45, 2.75) is 19.3 Å². The van der Waals surface area contributed by atoms with Crippen molar-refractivity contribution in [1.82, 2.24) is 4.57 Å². The molecule has 0 saturated carbocycles. The summed E-state index contributed by atoms with van der Waals surface area (Å²) in [5.41, 5.74) is 1.35. The van der Waals surface area contributed by atoms with E-state index in [0.29, 0.717) is 45.8 Å². The largest absolute Gasteiger partial charge is 0.464 e. The lowest BCUT2D eigenvalue weighted by molar-refractivity contribution is 0.0962. The number of nitrogens with zero attached hydrogens (tertiary/aromatic N) is 1. The number of carbonyl (C=O) groups is 2. The molecular weight excluding hydrogens is 289 g/mol. The molecule has 4 nitrogen and oxygen atoms in total. The summed E-state index contributed by atoms with van der Waals surface area (Å²) >= 11 is 12.2. The van der Waals surface area contributed by atoms with Crippen molar-refractivity contribution >= 4 is 46.0 Å². The Kier molecular flexibility index (Phi) is 2.80. The first kappa shape index (κ1) is 12.5. The number of rotatable bonds is 0. The fraction of sp³-hybridized carbons (Fsp3) is 0.231. The number of Topliss-reactive ketones (excluding diaryl/α,β-unsaturated/α-hetero) is 1. The van der Waals surface area contributed by atoms with E-state index in [9.17, 15) is 14.7 Å². The molecule has 0 saturated heterocycles. The highest BCUT2D eigenvalue weighted by Gasteiger charge is 2.30. The predicted molar refractivity (Wildman–Crippen MR) is 72.6 cm³/mol. The SMILES string of the molecule is O=C1CCCc2c1n(C(=O)O)c1ccc(Cl)c(Cl)c21. The molecule has 1 aromatic carbocycles. The molecule has 2 aromatic rings. The van der Waals surface area contributed by atoms with Crippen molar-refractivity contribution < 1.29 is 14.7 Å². The topological polar surface area (TPSA) is 59.3 Å². The molecule has 0 unspecified atom stereocenters. The highest BCUT2D eigenvalue weighted by molar-refractivity contribution is 6.45. The van der Waals surface area contributed by atoms with Crippen molar-refractivity contribution in [3.63, 3.8) is 0 Å². The molecule has 0 aliphatic heterocycles. The molecule has 6 heteroatoms. The van der Waals surface area contributed by atoms with E-state index in [4.69, 9.17) is 23.2 Å². The Bertz CT molecular complexity index is 733. The van der Waals surface area contributed by atoms with Gasteiger partial charge >= 0.3 is 6.09 Å². The van der Waals surface area contributed by atoms with Gasteiger partial charge in [-0.3, -0.25) is 4.79 Å². The summed E-state index contributed by atoms with van der Waals surface area (Å²) < 4.78 is 1.02. The zero-order valence-electron chi connectivity index (χ0n) is 9.74. The average molecular weight is 298 g/mol. The van der Waals surface area contributed by atoms with Crippen LogP contribution < -0.4 is 0 Å². The molecule has 1 aliphatic carbocycles. The van der Waals surface area contributed by atoms with Gasteiger partial charge in [-0.15, -0.1) is 0 Å². The van der Waals surface area contributed by atoms with E-state index in [0.717, 1.165) is 4.57 Å². The number of aromatic nitrogens is 1. The third kappa shape index (κ3) is 1.67. The Morgan fingerprint density at radius 2 is 2.00 bits per heavy atom. The van der Waals surface area contributed by atoms with Gasteiger partial charge in [-0.05, 0) is 30.5 Å². The van der Waals surface area contributed by atoms with Gasteiger partial charge in [-0.1, -0.05) is 23.2 Å². The van der Waals surface area contributed by atoms with Crippen molar-refractivity contribution in [2.24, 2.45) is 0 Å². The Hall–Kier alpha value is -1.52. The molecule has 98 valence electrons. The van der Waals surface area contributed by atoms with Crippen LogP contribution in [-0.2, 0) is 6.42 Å². The molecular formula is C13H9Cl2NO3. The first-order valence-electron chi connectivity index (χ1n) is 5.80. The summed E-state index contributed by atoms with van der Waals surface area (Å²) in [6.45, 7) is 0. The number of benzene rings is 1. The second kappa shape index (κ2) is 4.25. The Balaban J connectivity index is 2.53. The van der Waals surface area contributed by atoms with Gasteiger partial charge < -0.3 is 5.11 Å². The maximum atomic E-state index is 12.0. The van der Waals surface area contributed by atoms with Gasteiger partial charge in [-0.2, -0.15) is 0 Å². The average Bonchev–Trinajstić information content (AvgIpc) is 2.70. The van der Waals surface area contributed by atoms with Crippen LogP contribution in [0, 0.1) is 0 Å². The number of ketones is 1. The molecule has 0 amide bonds. The van der Waals surface area contributed by atoms with Gasteiger partial charge in [0.25, 0.3) is 0 Å². The summed E-state index contributed by atoms with van der Waals surface area (Å²) in [6, 6.07) is 3.13. The summed E-state index contributed by atoms with van der Waals surface area (Å²) in [7, 11) is 0. The first-order valence-corrected chi connectivity index (χ1v) is 6.55. The van der Waals surface area contributed by atoms with Crippen LogP contribution in [0.2, 0.25) is 10.0 Å². The third-order valence-electron chi connectivity index (χ3n) is 3.41. The Labute approximate surface area is 118 Å². The normalized spacial score (nSPS) is 14.7. The van der Waals surface area contributed by atoms with E-state index in [1.54, 1.807) is 12.1 Å². The lowest BCUT2D eigenvalue weighted by Crippen LogP contribution is -2.19. The summed E-state index contributed by atoms with van der Waals surface area (Å²) in [5, 5.41) is 10.6. The fourth-order valence-electron chi connectivity index (χ4n) is 2.67. The van der Waals surface area contributed by atoms with Gasteiger partial charge in [0.05, 0.1) is 21.3 Å². The van der Waals surface area contributed by atoms with E-state index < -0.39 is 6.09 Å². The van der Waals surface area contributed by atoms with Gasteiger partial charge in [-0.25, -0.2) is 9.36 Å². The molecule has 0 radical (unpaired) electrons. The van der Waals surface area contributed by atoms with Gasteiger partial charge in [0, 0.05) is 11.8 Å². The van der Waals surface area contributed by atoms with Gasteiger partial charge in [0.1, 0.15) is 0 Å². The number of carboxylic acid groups (broad SMARTS) is 1. The monoisotopic (exact) mass is 297 g/mol. The smallest absolute Gasteiger partial charge is 0.416 e. The number of fused-ring (bicyclic) bond motifs is 3. The van der Waals surface area contributed by atoms with Crippen molar-refractivity contribution in [2.75, 3.05) is 0 Å². The standard InChI is InChI=1S/C13H9Cl2NO3/c14-7-4-5-8-10(11(7)15)6-2-1-3-9(17)12(6)16(8)13(18)19/h4-5H,1-3H2,(H,18,19). The predicted octanol–water partition coefficient (Wildman–Crippen LogP) is 3.99. The number of carbonyl (C=O) groups excluding carboxylic acids is 1. The van der Waals surface area contributed by atoms with Gasteiger partial charge in [0.2, 0.25) is 0 Å². The highest BCUT2D eigenvalue weighted by Crippen LogP contribution is 2.39. The van der Waals surface area contributed by atoms with Crippen LogP contribution in [0.3, 0.4) is 0 Å². The molecule has 0 bridgehead atoms. The number of hydrogen-bond donors (Lipinski definition) is 1. The Morgan fingerprint density at radius 1 is 1.26 bits per heavy atom. The minimum atomic E-state index is -1.18. The number of hydrogen-bond acceptors (Lipinski definition) is 2. The van der Waals surface area contributed by atoms with Crippen LogP contribution in [0.1, 0.15) is 28.9 Å². The van der Waals surface area contributed by atoms with Crippen molar-refractivity contribution in [1.29, 1.82) is 0 Å². The van der Waals surface area contributed by atoms with Crippen LogP contribution >= 0.6 is 23.2 Å². The molecule has 3 rings (SSSR count). The molecule has 0 spiro atoms. The third-order valence-corrected chi connectivity index (χ3v) is 4.22. The van der Waals surface area contributed by atoms with Crippen LogP contribution in [0.25, 0.3) is 10.9 Å². The van der Waals surface area contributed by atoms with Crippen molar-refractivity contribution in [3.8, 4) is 0 Å². The summed E-state index contributed by atoms with van der Waals surface area (Å²) in [6.07, 6.45) is 0.521. The molecule has 0 atom stereocenters. The zero-order chi connectivity index (χ0) is 13.7. The lowest BCUT2D eigenvalue weighted by Gasteiger charge is -2.12. The maximum Gasteiger partial charge on any atom is 0.416 e. The highest BCUT2D eigenvalue weighted by atomic mass is 35.5. The zero-order valence-corrected chi connectivity index (χ0v) is 11.3. The maximum absolute atomic E-state index is 12.0. The van der Waals surface area contributed by atoms with Crippen LogP contribution in [0.15, 0.2) is 12.1 Å². The quantitative estimate of drug-likeness (QED) is 0.800. The summed E-state index contributed by atoms with van der Waals surface area (Å²) in [4.78, 5) is 23.4. The minimum absolute atomic E-state index is 0.160. The van der Waals surface area contributed by atoms with E-state index in [-0.39, 0.29) is 11.5 Å². The Morgan fingerprint density at radius 3 is 2.68 bits per heavy atom. The van der Waals surface area contributed by atoms with Crippen LogP contribution in [0.5, 0.6) is 0 Å². The summed E-state index contributed by atoms with van der Waals surface area (Å²) in [5.74, 6) is -0.160. The molecule has 1 heterocycles. The molecule has 19 heavy (non-hydrogen) atoms. The molecule has 0 fully saturated rings. The second-order valence-corrected chi connectivity index (χ2v) is 5.26. The van der Waals surface area contributed by atoms with E-state index in [2.05, 4.69) is 0 Å². The number of halogens is 2. The van der Waals surface area contributed by atoms with Crippen LogP contribution in [-0.4, -0.2) is 21.6 Å². The van der Waals surface area contributed by atoms with E-state index >= 15 is 0 Å². The lowest BCUT2D eigenvalue weighted by atomic mass is 9.94. The first-order chi connectivity index (χ1) is 9.02. The van der Waals surface area contributed by atoms with Crippen molar-refractivity contribution in [3.05, 3.63) is 33.4 Å². The van der Waals surface area contributed by atoms with Crippen LogP contribution in [0.4, 0.5) is 4.79 Å². The fourth-order valence-corrected chi connectivity index (χ4v) is 3.10.